The van der Waals surface area contributed by atoms with Crippen LogP contribution in [-0.4, -0.2) is 45.9 Å². The number of piperidine rings is 1. The molecule has 1 saturated heterocycles. The lowest BCUT2D eigenvalue weighted by molar-refractivity contribution is -0.0662. The van der Waals surface area contributed by atoms with Gasteiger partial charge in [0.1, 0.15) is 11.4 Å². The largest absolute Gasteiger partial charge is 0.465 e. The Morgan fingerprint density at radius 1 is 1.53 bits per heavy atom. The average Bonchev–Trinajstić information content (AvgIpc) is 2.76. The Hall–Kier alpha value is -1.56. The quantitative estimate of drug-likeness (QED) is 0.837. The molecule has 1 aliphatic heterocycles. The third-order valence-electron chi connectivity index (χ3n) is 3.46. The molecule has 1 aliphatic rings. The van der Waals surface area contributed by atoms with Gasteiger partial charge in [0.25, 0.3) is 0 Å². The van der Waals surface area contributed by atoms with Crippen molar-refractivity contribution in [1.82, 2.24) is 14.5 Å². The van der Waals surface area contributed by atoms with Crippen molar-refractivity contribution in [2.75, 3.05) is 20.2 Å². The normalized spacial score (nSPS) is 19.3. The summed E-state index contributed by atoms with van der Waals surface area (Å²) in [5, 5.41) is 8.93. The van der Waals surface area contributed by atoms with E-state index in [2.05, 4.69) is 4.98 Å². The lowest BCUT2D eigenvalue weighted by Crippen LogP contribution is -2.46. The summed E-state index contributed by atoms with van der Waals surface area (Å²) in [4.78, 5) is 16.6. The predicted octanol–water partition coefficient (Wildman–Crippen LogP) is 1.04. The van der Waals surface area contributed by atoms with Crippen LogP contribution in [0.4, 0.5) is 4.79 Å². The molecule has 0 aliphatic carbocycles. The second kappa shape index (κ2) is 4.37. The summed E-state index contributed by atoms with van der Waals surface area (Å²) in [6.45, 7) is 0.964. The maximum atomic E-state index is 10.9. The van der Waals surface area contributed by atoms with Crippen molar-refractivity contribution in [1.29, 1.82) is 0 Å². The van der Waals surface area contributed by atoms with Gasteiger partial charge in [0, 0.05) is 52.5 Å². The molecule has 2 rings (SSSR count). The van der Waals surface area contributed by atoms with Crippen molar-refractivity contribution >= 4 is 6.09 Å². The van der Waals surface area contributed by atoms with Crippen molar-refractivity contribution in [3.8, 4) is 0 Å². The number of hydrogen-bond acceptors (Lipinski definition) is 3. The van der Waals surface area contributed by atoms with Crippen LogP contribution in [0.1, 0.15) is 18.7 Å². The standard InChI is InChI=1S/C11H17N3O3/c1-13-8-5-12-9(13)11(17-2)3-6-14(7-4-11)10(15)16/h5,8H,3-4,6-7H2,1-2H3,(H,15,16). The fourth-order valence-corrected chi connectivity index (χ4v) is 2.38. The molecule has 2 heterocycles. The number of methoxy groups -OCH3 is 1. The van der Waals surface area contributed by atoms with Crippen LogP contribution in [0.2, 0.25) is 0 Å². The number of aryl methyl sites for hydroxylation is 1. The second-order valence-corrected chi connectivity index (χ2v) is 4.33. The molecule has 0 bridgehead atoms. The van der Waals surface area contributed by atoms with Gasteiger partial charge < -0.3 is 19.3 Å². The highest BCUT2D eigenvalue weighted by atomic mass is 16.5. The summed E-state index contributed by atoms with van der Waals surface area (Å²) in [5.74, 6) is 0.866. The molecule has 0 spiro atoms. The number of nitrogens with zero attached hydrogens (tertiary/aromatic N) is 3. The van der Waals surface area contributed by atoms with E-state index >= 15 is 0 Å². The smallest absolute Gasteiger partial charge is 0.407 e. The fraction of sp³-hybridized carbons (Fsp3) is 0.636. The Bertz CT molecular complexity index is 408. The molecule has 0 unspecified atom stereocenters. The van der Waals surface area contributed by atoms with Gasteiger partial charge in [-0.2, -0.15) is 0 Å². The van der Waals surface area contributed by atoms with Crippen LogP contribution in [0.15, 0.2) is 12.4 Å². The van der Waals surface area contributed by atoms with Gasteiger partial charge in [0.15, 0.2) is 0 Å². The summed E-state index contributed by atoms with van der Waals surface area (Å²) in [7, 11) is 3.58. The van der Waals surface area contributed by atoms with Gasteiger partial charge in [0.2, 0.25) is 0 Å². The van der Waals surface area contributed by atoms with Crippen LogP contribution in [0, 0.1) is 0 Å². The molecule has 0 atom stereocenters. The minimum absolute atomic E-state index is 0.454. The van der Waals surface area contributed by atoms with Crippen molar-refractivity contribution < 1.29 is 14.6 Å². The molecule has 94 valence electrons. The highest BCUT2D eigenvalue weighted by molar-refractivity contribution is 5.65. The number of carboxylic acid groups (broad SMARTS) is 1. The van der Waals surface area contributed by atoms with E-state index in [1.165, 1.54) is 4.90 Å². The molecule has 1 aromatic heterocycles. The van der Waals surface area contributed by atoms with Crippen molar-refractivity contribution in [3.05, 3.63) is 18.2 Å². The van der Waals surface area contributed by atoms with E-state index < -0.39 is 11.7 Å². The van der Waals surface area contributed by atoms with Crippen LogP contribution in [0.5, 0.6) is 0 Å². The summed E-state index contributed by atoms with van der Waals surface area (Å²) >= 11 is 0. The summed E-state index contributed by atoms with van der Waals surface area (Å²) in [5.41, 5.74) is -0.454. The first-order chi connectivity index (χ1) is 8.09. The van der Waals surface area contributed by atoms with Crippen molar-refractivity contribution in [2.24, 2.45) is 7.05 Å². The van der Waals surface area contributed by atoms with E-state index in [4.69, 9.17) is 9.84 Å². The van der Waals surface area contributed by atoms with Gasteiger partial charge >= 0.3 is 6.09 Å². The highest BCUT2D eigenvalue weighted by Crippen LogP contribution is 2.34. The molecular formula is C11H17N3O3. The Labute approximate surface area is 99.8 Å². The zero-order valence-electron chi connectivity index (χ0n) is 10.1. The van der Waals surface area contributed by atoms with E-state index in [1.807, 2.05) is 17.8 Å². The maximum absolute atomic E-state index is 10.9. The second-order valence-electron chi connectivity index (χ2n) is 4.33. The first-order valence-corrected chi connectivity index (χ1v) is 5.60. The predicted molar refractivity (Wildman–Crippen MR) is 60.7 cm³/mol. The molecule has 6 nitrogen and oxygen atoms in total. The number of rotatable bonds is 2. The van der Waals surface area contributed by atoms with Gasteiger partial charge in [-0.3, -0.25) is 0 Å². The number of aromatic nitrogens is 2. The first-order valence-electron chi connectivity index (χ1n) is 5.60. The number of carbonyl (C=O) groups is 1. The van der Waals surface area contributed by atoms with Gasteiger partial charge in [0.05, 0.1) is 0 Å². The van der Waals surface area contributed by atoms with Gasteiger partial charge in [-0.25, -0.2) is 9.78 Å². The first kappa shape index (κ1) is 11.9. The van der Waals surface area contributed by atoms with E-state index in [-0.39, 0.29) is 0 Å². The molecule has 0 radical (unpaired) electrons. The topological polar surface area (TPSA) is 67.6 Å². The fourth-order valence-electron chi connectivity index (χ4n) is 2.38. The summed E-state index contributed by atoms with van der Waals surface area (Å²) in [6.07, 6.45) is 4.02. The van der Waals surface area contributed by atoms with Crippen molar-refractivity contribution in [3.63, 3.8) is 0 Å². The Morgan fingerprint density at radius 3 is 2.59 bits per heavy atom. The zero-order valence-corrected chi connectivity index (χ0v) is 10.1. The number of imidazole rings is 1. The Morgan fingerprint density at radius 2 is 2.18 bits per heavy atom. The average molecular weight is 239 g/mol. The summed E-state index contributed by atoms with van der Waals surface area (Å²) in [6, 6.07) is 0. The van der Waals surface area contributed by atoms with E-state index in [0.29, 0.717) is 25.9 Å². The number of hydrogen-bond donors (Lipinski definition) is 1. The van der Waals surface area contributed by atoms with Crippen LogP contribution < -0.4 is 0 Å². The molecule has 6 heteroatoms. The summed E-state index contributed by atoms with van der Waals surface area (Å²) < 4.78 is 7.56. The number of ether oxygens (including phenoxy) is 1. The van der Waals surface area contributed by atoms with Gasteiger partial charge in [-0.1, -0.05) is 0 Å². The molecular weight excluding hydrogens is 222 g/mol. The molecule has 1 fully saturated rings. The lowest BCUT2D eigenvalue weighted by Gasteiger charge is -2.39. The molecule has 17 heavy (non-hydrogen) atoms. The molecule has 0 aromatic carbocycles. The number of amides is 1. The van der Waals surface area contributed by atoms with Crippen molar-refractivity contribution in [2.45, 2.75) is 18.4 Å². The monoisotopic (exact) mass is 239 g/mol. The van der Waals surface area contributed by atoms with E-state index in [1.54, 1.807) is 13.3 Å². The third kappa shape index (κ3) is 2.00. The molecule has 1 aromatic rings. The van der Waals surface area contributed by atoms with Crippen LogP contribution in [0.3, 0.4) is 0 Å². The van der Waals surface area contributed by atoms with E-state index in [0.717, 1.165) is 5.82 Å². The number of likely N-dealkylation sites (tertiary alicyclic amines) is 1. The minimum Gasteiger partial charge on any atom is -0.465 e. The van der Waals surface area contributed by atoms with Gasteiger partial charge in [-0.05, 0) is 0 Å². The maximum Gasteiger partial charge on any atom is 0.407 e. The van der Waals surface area contributed by atoms with Gasteiger partial charge in [-0.15, -0.1) is 0 Å². The zero-order chi connectivity index (χ0) is 12.5. The van der Waals surface area contributed by atoms with Crippen LogP contribution in [-0.2, 0) is 17.4 Å². The highest BCUT2D eigenvalue weighted by Gasteiger charge is 2.40. The van der Waals surface area contributed by atoms with Crippen LogP contribution >= 0.6 is 0 Å². The molecule has 1 amide bonds. The molecule has 1 N–H and O–H groups in total. The third-order valence-corrected chi connectivity index (χ3v) is 3.46. The minimum atomic E-state index is -0.866. The van der Waals surface area contributed by atoms with E-state index in [9.17, 15) is 4.79 Å². The molecule has 0 saturated carbocycles. The Kier molecular flexibility index (Phi) is 3.06. The Balaban J connectivity index is 2.19. The lowest BCUT2D eigenvalue weighted by atomic mass is 9.90. The van der Waals surface area contributed by atoms with Crippen LogP contribution in [0.25, 0.3) is 0 Å². The SMILES string of the molecule is COC1(c2nccn2C)CCN(C(=O)O)CC1.